The second-order valence-corrected chi connectivity index (χ2v) is 18.4. The molecule has 8 N–H and O–H groups in total. The summed E-state index contributed by atoms with van der Waals surface area (Å²) < 4.78 is 0. The molecule has 0 atom stereocenters. The summed E-state index contributed by atoms with van der Waals surface area (Å²) in [6.07, 6.45) is 3.06. The molecule has 6 aromatic rings. The fourth-order valence-corrected chi connectivity index (χ4v) is 9.24. The third kappa shape index (κ3) is 13.7. The molecule has 0 unspecified atom stereocenters. The molecule has 8 rings (SSSR count). The van der Waals surface area contributed by atoms with E-state index in [0.717, 1.165) is 75.1 Å². The Labute approximate surface area is 406 Å². The number of hydrogen-bond acceptors (Lipinski definition) is 18. The number of halogens is 2. The van der Waals surface area contributed by atoms with Gasteiger partial charge in [-0.05, 0) is 51.0 Å². The number of thiazole rings is 2. The predicted molar refractivity (Wildman–Crippen MR) is 268 cm³/mol. The van der Waals surface area contributed by atoms with E-state index in [1.807, 2.05) is 64.1 Å². The zero-order valence-corrected chi connectivity index (χ0v) is 40.7. The number of nitrogens with zero attached hydrogens (tertiary/aromatic N) is 10. The summed E-state index contributed by atoms with van der Waals surface area (Å²) in [5.41, 5.74) is 2.98. The Kier molecular flexibility index (Phi) is 18.1. The summed E-state index contributed by atoms with van der Waals surface area (Å²) in [6.45, 7) is 16.1. The van der Waals surface area contributed by atoms with E-state index in [1.165, 1.54) is 35.1 Å². The number of aromatic nitrogens is 6. The molecule has 0 aliphatic carbocycles. The molecule has 2 aromatic carbocycles. The van der Waals surface area contributed by atoms with Gasteiger partial charge in [-0.3, -0.25) is 19.4 Å². The minimum Gasteiger partial charge on any atom is -0.412 e. The molecule has 0 radical (unpaired) electrons. The van der Waals surface area contributed by atoms with Crippen LogP contribution in [0.25, 0.3) is 0 Å². The van der Waals surface area contributed by atoms with Crippen LogP contribution in [0.2, 0.25) is 10.0 Å². The maximum atomic E-state index is 12.7. The van der Waals surface area contributed by atoms with Crippen LogP contribution in [0.4, 0.5) is 44.9 Å². The summed E-state index contributed by atoms with van der Waals surface area (Å²) in [4.78, 5) is 62.0. The number of nitrogens with one attached hydrogen (secondary N) is 4. The van der Waals surface area contributed by atoms with Gasteiger partial charge in [0.25, 0.3) is 11.8 Å². The minimum absolute atomic E-state index is 0. The van der Waals surface area contributed by atoms with Crippen molar-refractivity contribution in [1.82, 2.24) is 39.7 Å². The van der Waals surface area contributed by atoms with Crippen molar-refractivity contribution < 1.29 is 25.3 Å². The fourth-order valence-electron chi connectivity index (χ4n) is 7.26. The van der Waals surface area contributed by atoms with Crippen molar-refractivity contribution in [2.75, 3.05) is 110 Å². The van der Waals surface area contributed by atoms with Crippen molar-refractivity contribution in [1.29, 1.82) is 0 Å². The van der Waals surface area contributed by atoms with E-state index in [9.17, 15) is 9.59 Å². The molecule has 2 aliphatic heterocycles. The van der Waals surface area contributed by atoms with E-state index in [0.29, 0.717) is 77.8 Å². The molecule has 2 saturated heterocycles. The highest BCUT2D eigenvalue weighted by Crippen LogP contribution is 2.31. The van der Waals surface area contributed by atoms with E-state index >= 15 is 0 Å². The van der Waals surface area contributed by atoms with Crippen LogP contribution in [-0.2, 0) is 0 Å². The Bertz CT molecular complexity index is 2400. The second-order valence-electron chi connectivity index (χ2n) is 15.5. The molecular weight excluding hydrogens is 940 g/mol. The average Bonchev–Trinajstić information content (AvgIpc) is 3.97. The van der Waals surface area contributed by atoms with Crippen LogP contribution >= 0.6 is 45.9 Å². The number of carbonyl (C=O) groups is 2. The van der Waals surface area contributed by atoms with E-state index in [-0.39, 0.29) is 30.5 Å². The summed E-state index contributed by atoms with van der Waals surface area (Å²) in [5.74, 6) is 3.70. The van der Waals surface area contributed by atoms with Gasteiger partial charge in [-0.1, -0.05) is 70.1 Å². The second kappa shape index (κ2) is 23.9. The van der Waals surface area contributed by atoms with Gasteiger partial charge in [0.2, 0.25) is 0 Å². The zero-order chi connectivity index (χ0) is 46.7. The Morgan fingerprint density at radius 3 is 1.36 bits per heavy atom. The number of carbonyl (C=O) groups excluding carboxylic acids is 2. The lowest BCUT2D eigenvalue weighted by Crippen LogP contribution is -2.47. The maximum Gasteiger partial charge on any atom is 0.267 e. The van der Waals surface area contributed by atoms with Crippen LogP contribution in [-0.4, -0.2) is 146 Å². The number of benzene rings is 2. The number of β-amino-alcohol motifs (C(OH)–C–C–N with tert-alkyl or cyclic N) is 2. The smallest absolute Gasteiger partial charge is 0.267 e. The monoisotopic (exact) mass is 992 g/mol. The van der Waals surface area contributed by atoms with Crippen molar-refractivity contribution in [3.05, 3.63) is 103 Å². The van der Waals surface area contributed by atoms with Crippen LogP contribution in [0.1, 0.15) is 42.1 Å². The lowest BCUT2D eigenvalue weighted by atomic mass is 10.2. The largest absolute Gasteiger partial charge is 0.412 e. The van der Waals surface area contributed by atoms with Crippen molar-refractivity contribution in [3.8, 4) is 0 Å². The minimum atomic E-state index is -0.267. The molecule has 356 valence electrons. The Morgan fingerprint density at radius 1 is 0.612 bits per heavy atom. The fraction of sp³-hybridized carbons (Fsp3) is 0.364. The first-order valence-corrected chi connectivity index (χ1v) is 23.7. The first-order valence-electron chi connectivity index (χ1n) is 21.3. The van der Waals surface area contributed by atoms with Crippen LogP contribution in [0.3, 0.4) is 0 Å². The number of aliphatic hydroxyl groups is 2. The predicted octanol–water partition coefficient (Wildman–Crippen LogP) is 5.80. The van der Waals surface area contributed by atoms with Crippen molar-refractivity contribution in [3.63, 3.8) is 0 Å². The van der Waals surface area contributed by atoms with Gasteiger partial charge in [0, 0.05) is 77.6 Å². The highest BCUT2D eigenvalue weighted by Gasteiger charge is 2.22. The van der Waals surface area contributed by atoms with E-state index < -0.39 is 0 Å². The van der Waals surface area contributed by atoms with Crippen molar-refractivity contribution >= 4 is 103 Å². The standard InChI is InChI=1S/2C22H26ClN7O2S.H2O/c2*1-14-4-3-5-16(23)20(14)28-21(32)17-13-24-22(33-17)27-18-12-19(26-15(2)25-18)30-8-6-29(7-9-30)10-11-31;/h2*3-5,12-13,31H,6-11H2,1-2H3,(H,28,32)(H,24,25,26,27);1H2. The van der Waals surface area contributed by atoms with Gasteiger partial charge in [-0.15, -0.1) is 0 Å². The number of hydrogen-bond donors (Lipinski definition) is 6. The number of para-hydroxylation sites is 2. The number of aliphatic hydroxyl groups excluding tert-OH is 2. The highest BCUT2D eigenvalue weighted by molar-refractivity contribution is 7.18. The number of piperazine rings is 2. The van der Waals surface area contributed by atoms with Crippen LogP contribution in [0.15, 0.2) is 60.9 Å². The van der Waals surface area contributed by atoms with Crippen LogP contribution in [0, 0.1) is 27.7 Å². The number of rotatable bonds is 14. The van der Waals surface area contributed by atoms with Gasteiger partial charge < -0.3 is 46.8 Å². The van der Waals surface area contributed by atoms with Crippen LogP contribution < -0.4 is 31.1 Å². The molecule has 2 amide bonds. The summed E-state index contributed by atoms with van der Waals surface area (Å²) >= 11 is 14.9. The Balaban J connectivity index is 0.000000218. The lowest BCUT2D eigenvalue weighted by Gasteiger charge is -2.35. The van der Waals surface area contributed by atoms with Gasteiger partial charge in [0.05, 0.1) is 47.0 Å². The quantitative estimate of drug-likeness (QED) is 0.0755. The van der Waals surface area contributed by atoms with E-state index in [1.54, 1.807) is 12.1 Å². The van der Waals surface area contributed by atoms with E-state index in [2.05, 4.69) is 70.8 Å². The molecule has 0 saturated carbocycles. The zero-order valence-electron chi connectivity index (χ0n) is 37.5. The first-order chi connectivity index (χ1) is 31.8. The van der Waals surface area contributed by atoms with Crippen molar-refractivity contribution in [2.24, 2.45) is 0 Å². The van der Waals surface area contributed by atoms with E-state index in [4.69, 9.17) is 33.4 Å². The first kappa shape index (κ1) is 50.8. The molecule has 4 aromatic heterocycles. The highest BCUT2D eigenvalue weighted by atomic mass is 35.5. The summed E-state index contributed by atoms with van der Waals surface area (Å²) in [7, 11) is 0. The average molecular weight is 994 g/mol. The number of aryl methyl sites for hydroxylation is 4. The molecule has 0 bridgehead atoms. The normalized spacial score (nSPS) is 14.1. The molecule has 2 aliphatic rings. The van der Waals surface area contributed by atoms with Gasteiger partial charge in [-0.2, -0.15) is 0 Å². The third-order valence-corrected chi connectivity index (χ3v) is 13.2. The van der Waals surface area contributed by atoms with Gasteiger partial charge in [0.15, 0.2) is 10.3 Å². The lowest BCUT2D eigenvalue weighted by molar-refractivity contribution is 0.102. The molecular formula is C44H54Cl2N14O5S2. The molecule has 19 nitrogen and oxygen atoms in total. The van der Waals surface area contributed by atoms with Gasteiger partial charge >= 0.3 is 0 Å². The number of amides is 2. The summed E-state index contributed by atoms with van der Waals surface area (Å²) in [6, 6.07) is 14.7. The Hall–Kier alpha value is -5.62. The Morgan fingerprint density at radius 2 is 1.00 bits per heavy atom. The van der Waals surface area contributed by atoms with Gasteiger partial charge in [0.1, 0.15) is 44.7 Å². The third-order valence-electron chi connectivity index (χ3n) is 10.7. The topological polar surface area (TPSA) is 245 Å². The number of anilines is 8. The van der Waals surface area contributed by atoms with Crippen LogP contribution in [0.5, 0.6) is 0 Å². The van der Waals surface area contributed by atoms with Gasteiger partial charge in [-0.25, -0.2) is 29.9 Å². The molecule has 6 heterocycles. The molecule has 2 fully saturated rings. The van der Waals surface area contributed by atoms with Crippen molar-refractivity contribution in [2.45, 2.75) is 27.7 Å². The molecule has 67 heavy (non-hydrogen) atoms. The summed E-state index contributed by atoms with van der Waals surface area (Å²) in [5, 5.41) is 32.5. The maximum absolute atomic E-state index is 12.7. The molecule has 23 heteroatoms. The SMILES string of the molecule is Cc1nc(Nc2ncc(C(=O)Nc3c(C)cccc3Cl)s2)cc(N2CCN(CCO)CC2)n1.Cc1nc(Nc2ncc(C(=O)Nc3c(C)cccc3Cl)s2)cc(N2CCN(CCO)CC2)n1.O. The molecule has 0 spiro atoms.